The number of hydrogen-bond acceptors (Lipinski definition) is 3. The number of likely N-dealkylation sites (N-methyl/N-ethyl adjacent to an activating group) is 1. The maximum absolute atomic E-state index is 12.9. The number of aryl methyl sites for hydroxylation is 2. The number of aromatic nitrogens is 2. The van der Waals surface area contributed by atoms with Gasteiger partial charge in [-0.05, 0) is 66.1 Å². The van der Waals surface area contributed by atoms with Crippen molar-refractivity contribution in [1.82, 2.24) is 19.6 Å². The number of likely N-dealkylation sites (tertiary alicyclic amines) is 2. The van der Waals surface area contributed by atoms with E-state index in [1.54, 1.807) is 0 Å². The van der Waals surface area contributed by atoms with Crippen LogP contribution in [-0.2, 0) is 4.79 Å². The third kappa shape index (κ3) is 3.30. The molecule has 2 aliphatic heterocycles. The van der Waals surface area contributed by atoms with Crippen molar-refractivity contribution >= 4 is 5.91 Å². The third-order valence-electron chi connectivity index (χ3n) is 5.57. The molecule has 5 nitrogen and oxygen atoms in total. The second kappa shape index (κ2) is 6.63. The van der Waals surface area contributed by atoms with Crippen LogP contribution in [0.5, 0.6) is 0 Å². The van der Waals surface area contributed by atoms with Gasteiger partial charge in [-0.25, -0.2) is 0 Å². The van der Waals surface area contributed by atoms with Crippen LogP contribution >= 0.6 is 0 Å². The Kier molecular flexibility index (Phi) is 4.76. The normalized spacial score (nSPS) is 26.9. The molecule has 1 aromatic rings. The number of nitrogens with zero attached hydrogens (tertiary/aromatic N) is 4. The highest BCUT2D eigenvalue weighted by molar-refractivity contribution is 5.77. The quantitative estimate of drug-likeness (QED) is 0.856. The number of amides is 1. The molecule has 23 heavy (non-hydrogen) atoms. The lowest BCUT2D eigenvalue weighted by Gasteiger charge is -2.34. The summed E-state index contributed by atoms with van der Waals surface area (Å²) in [6.07, 6.45) is 5.36. The third-order valence-corrected chi connectivity index (χ3v) is 5.57. The molecule has 0 unspecified atom stereocenters. The predicted molar refractivity (Wildman–Crippen MR) is 91.4 cm³/mol. The van der Waals surface area contributed by atoms with Crippen molar-refractivity contribution in [2.45, 2.75) is 71.0 Å². The van der Waals surface area contributed by atoms with Gasteiger partial charge in [-0.1, -0.05) is 0 Å². The zero-order valence-corrected chi connectivity index (χ0v) is 15.0. The number of rotatable bonds is 4. The molecule has 1 aromatic heterocycles. The highest BCUT2D eigenvalue weighted by atomic mass is 16.2. The van der Waals surface area contributed by atoms with Gasteiger partial charge in [-0.2, -0.15) is 5.10 Å². The van der Waals surface area contributed by atoms with Crippen LogP contribution in [0.1, 0.15) is 56.5 Å². The molecule has 5 heteroatoms. The largest absolute Gasteiger partial charge is 0.338 e. The standard InChI is InChI=1S/C18H30N4O/c1-13-11-14(2)22(19-13)15(3)12-18(23)21-10-6-8-17(21)16-7-5-9-20(16)4/h11,15-17H,5-10,12H2,1-4H3/t15-,16-,17-/m1/s1. The second-order valence-corrected chi connectivity index (χ2v) is 7.41. The Morgan fingerprint density at radius 3 is 2.57 bits per heavy atom. The van der Waals surface area contributed by atoms with Crippen molar-refractivity contribution in [1.29, 1.82) is 0 Å². The molecule has 3 heterocycles. The van der Waals surface area contributed by atoms with Crippen molar-refractivity contribution < 1.29 is 4.79 Å². The van der Waals surface area contributed by atoms with Crippen LogP contribution in [-0.4, -0.2) is 57.7 Å². The van der Waals surface area contributed by atoms with Gasteiger partial charge in [0, 0.05) is 30.7 Å². The SMILES string of the molecule is Cc1cc(C)n([C@H](C)CC(=O)N2CCC[C@@H]2[C@H]2CCCN2C)n1. The van der Waals surface area contributed by atoms with Gasteiger partial charge in [0.15, 0.2) is 0 Å². The van der Waals surface area contributed by atoms with Gasteiger partial charge in [-0.15, -0.1) is 0 Å². The molecule has 3 rings (SSSR count). The lowest BCUT2D eigenvalue weighted by Crippen LogP contribution is -2.47. The Morgan fingerprint density at radius 2 is 1.96 bits per heavy atom. The molecular weight excluding hydrogens is 288 g/mol. The minimum atomic E-state index is 0.124. The van der Waals surface area contributed by atoms with E-state index in [-0.39, 0.29) is 6.04 Å². The molecule has 0 bridgehead atoms. The van der Waals surface area contributed by atoms with Gasteiger partial charge >= 0.3 is 0 Å². The summed E-state index contributed by atoms with van der Waals surface area (Å²) in [7, 11) is 2.21. The van der Waals surface area contributed by atoms with Crippen LogP contribution in [0.2, 0.25) is 0 Å². The zero-order chi connectivity index (χ0) is 16.6. The van der Waals surface area contributed by atoms with Gasteiger partial charge in [-0.3, -0.25) is 9.48 Å². The summed E-state index contributed by atoms with van der Waals surface area (Å²) >= 11 is 0. The van der Waals surface area contributed by atoms with Crippen molar-refractivity contribution in [3.05, 3.63) is 17.5 Å². The number of carbonyl (C=O) groups excluding carboxylic acids is 1. The summed E-state index contributed by atoms with van der Waals surface area (Å²) < 4.78 is 2.00. The summed E-state index contributed by atoms with van der Waals surface area (Å²) in [6.45, 7) is 8.27. The van der Waals surface area contributed by atoms with E-state index in [1.807, 2.05) is 11.6 Å². The van der Waals surface area contributed by atoms with Crippen molar-refractivity contribution in [3.8, 4) is 0 Å². The summed E-state index contributed by atoms with van der Waals surface area (Å²) in [4.78, 5) is 17.5. The molecule has 2 saturated heterocycles. The van der Waals surface area contributed by atoms with Crippen LogP contribution in [0.25, 0.3) is 0 Å². The molecule has 2 aliphatic rings. The van der Waals surface area contributed by atoms with Crippen molar-refractivity contribution in [2.24, 2.45) is 0 Å². The average molecular weight is 318 g/mol. The smallest absolute Gasteiger partial charge is 0.225 e. The molecule has 0 radical (unpaired) electrons. The summed E-state index contributed by atoms with van der Waals surface area (Å²) in [6, 6.07) is 3.18. The molecule has 0 aromatic carbocycles. The van der Waals surface area contributed by atoms with Gasteiger partial charge in [0.2, 0.25) is 5.91 Å². The Morgan fingerprint density at radius 1 is 1.26 bits per heavy atom. The van der Waals surface area contributed by atoms with E-state index < -0.39 is 0 Å². The minimum absolute atomic E-state index is 0.124. The van der Waals surface area contributed by atoms with Crippen LogP contribution in [0.4, 0.5) is 0 Å². The number of hydrogen-bond donors (Lipinski definition) is 0. The lowest BCUT2D eigenvalue weighted by atomic mass is 10.0. The maximum Gasteiger partial charge on any atom is 0.225 e. The van der Waals surface area contributed by atoms with E-state index in [9.17, 15) is 4.79 Å². The molecule has 0 saturated carbocycles. The first kappa shape index (κ1) is 16.5. The Balaban J connectivity index is 1.66. The first-order chi connectivity index (χ1) is 11.0. The van der Waals surface area contributed by atoms with Gasteiger partial charge in [0.05, 0.1) is 11.7 Å². The summed E-state index contributed by atoms with van der Waals surface area (Å²) in [5.41, 5.74) is 2.16. The molecule has 0 aliphatic carbocycles. The molecule has 2 fully saturated rings. The first-order valence-electron chi connectivity index (χ1n) is 9.00. The molecule has 0 spiro atoms. The van der Waals surface area contributed by atoms with Crippen molar-refractivity contribution in [3.63, 3.8) is 0 Å². The highest BCUT2D eigenvalue weighted by Crippen LogP contribution is 2.30. The Labute approximate surface area is 139 Å². The topological polar surface area (TPSA) is 41.4 Å². The van der Waals surface area contributed by atoms with E-state index in [2.05, 4.69) is 41.9 Å². The Hall–Kier alpha value is -1.36. The van der Waals surface area contributed by atoms with E-state index in [4.69, 9.17) is 0 Å². The average Bonchev–Trinajstić information content (AvgIpc) is 3.18. The minimum Gasteiger partial charge on any atom is -0.338 e. The van der Waals surface area contributed by atoms with E-state index in [0.29, 0.717) is 24.4 Å². The fourth-order valence-corrected chi connectivity index (χ4v) is 4.47. The molecule has 3 atom stereocenters. The fourth-order valence-electron chi connectivity index (χ4n) is 4.47. The summed E-state index contributed by atoms with van der Waals surface area (Å²) in [5.74, 6) is 0.299. The maximum atomic E-state index is 12.9. The van der Waals surface area contributed by atoms with E-state index >= 15 is 0 Å². The first-order valence-corrected chi connectivity index (χ1v) is 9.00. The monoisotopic (exact) mass is 318 g/mol. The van der Waals surface area contributed by atoms with Crippen LogP contribution in [0.15, 0.2) is 6.07 Å². The molecule has 0 N–H and O–H groups in total. The molecular formula is C18H30N4O. The van der Waals surface area contributed by atoms with Gasteiger partial charge in [0.1, 0.15) is 0 Å². The van der Waals surface area contributed by atoms with E-state index in [0.717, 1.165) is 30.8 Å². The Bertz CT molecular complexity index is 567. The molecule has 1 amide bonds. The lowest BCUT2D eigenvalue weighted by molar-refractivity contribution is -0.133. The molecule has 128 valence electrons. The number of carbonyl (C=O) groups is 1. The zero-order valence-electron chi connectivity index (χ0n) is 15.0. The van der Waals surface area contributed by atoms with Gasteiger partial charge < -0.3 is 9.80 Å². The van der Waals surface area contributed by atoms with Crippen LogP contribution in [0.3, 0.4) is 0 Å². The highest BCUT2D eigenvalue weighted by Gasteiger charge is 2.38. The van der Waals surface area contributed by atoms with Crippen molar-refractivity contribution in [2.75, 3.05) is 20.1 Å². The van der Waals surface area contributed by atoms with E-state index in [1.165, 1.54) is 19.4 Å². The predicted octanol–water partition coefficient (Wildman–Crippen LogP) is 2.54. The second-order valence-electron chi connectivity index (χ2n) is 7.41. The van der Waals surface area contributed by atoms with Crippen LogP contribution in [0, 0.1) is 13.8 Å². The summed E-state index contributed by atoms with van der Waals surface area (Å²) in [5, 5.41) is 4.54. The fraction of sp³-hybridized carbons (Fsp3) is 0.778. The van der Waals surface area contributed by atoms with Gasteiger partial charge in [0.25, 0.3) is 0 Å². The van der Waals surface area contributed by atoms with Crippen LogP contribution < -0.4 is 0 Å².